The van der Waals surface area contributed by atoms with Crippen LogP contribution in [0.4, 0.5) is 0 Å². The summed E-state index contributed by atoms with van der Waals surface area (Å²) in [5.74, 6) is 0. The molecule has 0 N–H and O–H groups in total. The maximum Gasteiger partial charge on any atom is 0.0133 e. The monoisotopic (exact) mass is 231 g/mol. The summed E-state index contributed by atoms with van der Waals surface area (Å²) in [6.07, 6.45) is 3.75. The zero-order chi connectivity index (χ0) is 12.6. The van der Waals surface area contributed by atoms with Crippen LogP contribution in [0, 0.1) is 0 Å². The SMILES string of the molecule is CN(C)C1CCc2cc(C(C)(C)C)ccc2C1. The van der Waals surface area contributed by atoms with Gasteiger partial charge >= 0.3 is 0 Å². The van der Waals surface area contributed by atoms with Gasteiger partial charge in [0.1, 0.15) is 0 Å². The molecule has 0 heterocycles. The van der Waals surface area contributed by atoms with Crippen LogP contribution >= 0.6 is 0 Å². The van der Waals surface area contributed by atoms with Gasteiger partial charge in [0.25, 0.3) is 0 Å². The van der Waals surface area contributed by atoms with Crippen molar-refractivity contribution < 1.29 is 0 Å². The molecule has 0 radical (unpaired) electrons. The Bertz CT molecular complexity index is 398. The van der Waals surface area contributed by atoms with Gasteiger partial charge in [0.05, 0.1) is 0 Å². The largest absolute Gasteiger partial charge is 0.306 e. The van der Waals surface area contributed by atoms with Crippen molar-refractivity contribution in [3.05, 3.63) is 34.9 Å². The van der Waals surface area contributed by atoms with Gasteiger partial charge in [-0.3, -0.25) is 0 Å². The molecule has 94 valence electrons. The first kappa shape index (κ1) is 12.6. The molecule has 0 bridgehead atoms. The Balaban J connectivity index is 2.26. The molecule has 0 aliphatic heterocycles. The van der Waals surface area contributed by atoms with Gasteiger partial charge in [0.2, 0.25) is 0 Å². The van der Waals surface area contributed by atoms with E-state index in [9.17, 15) is 0 Å². The van der Waals surface area contributed by atoms with E-state index in [1.165, 1.54) is 24.8 Å². The minimum absolute atomic E-state index is 0.271. The molecule has 1 unspecified atom stereocenters. The van der Waals surface area contributed by atoms with Crippen molar-refractivity contribution >= 4 is 0 Å². The van der Waals surface area contributed by atoms with Gasteiger partial charge in [-0.25, -0.2) is 0 Å². The molecular weight excluding hydrogens is 206 g/mol. The lowest BCUT2D eigenvalue weighted by molar-refractivity contribution is 0.268. The van der Waals surface area contributed by atoms with Crippen molar-refractivity contribution in [1.82, 2.24) is 4.90 Å². The minimum Gasteiger partial charge on any atom is -0.306 e. The quantitative estimate of drug-likeness (QED) is 0.716. The van der Waals surface area contributed by atoms with Crippen molar-refractivity contribution in [3.8, 4) is 0 Å². The van der Waals surface area contributed by atoms with Crippen LogP contribution in [0.25, 0.3) is 0 Å². The van der Waals surface area contributed by atoms with E-state index < -0.39 is 0 Å². The first-order valence-corrected chi connectivity index (χ1v) is 6.66. The number of likely N-dealkylation sites (N-methyl/N-ethyl adjacent to an activating group) is 1. The second kappa shape index (κ2) is 4.45. The lowest BCUT2D eigenvalue weighted by atomic mass is 9.81. The molecule has 0 aromatic heterocycles. The summed E-state index contributed by atoms with van der Waals surface area (Å²) in [6.45, 7) is 6.88. The van der Waals surface area contributed by atoms with E-state index >= 15 is 0 Å². The van der Waals surface area contributed by atoms with Crippen molar-refractivity contribution in [2.75, 3.05) is 14.1 Å². The Kier molecular flexibility index (Phi) is 3.31. The molecule has 1 aromatic rings. The van der Waals surface area contributed by atoms with Gasteiger partial charge in [0, 0.05) is 6.04 Å². The van der Waals surface area contributed by atoms with E-state index in [0.717, 1.165) is 6.04 Å². The van der Waals surface area contributed by atoms with Gasteiger partial charge in [-0.1, -0.05) is 39.0 Å². The van der Waals surface area contributed by atoms with Gasteiger partial charge in [-0.2, -0.15) is 0 Å². The molecule has 0 amide bonds. The molecule has 0 fully saturated rings. The van der Waals surface area contributed by atoms with Crippen LogP contribution in [-0.4, -0.2) is 25.0 Å². The Morgan fingerprint density at radius 2 is 1.82 bits per heavy atom. The fourth-order valence-corrected chi connectivity index (χ4v) is 2.64. The molecular formula is C16H25N. The van der Waals surface area contributed by atoms with E-state index in [2.05, 4.69) is 58.0 Å². The minimum atomic E-state index is 0.271. The zero-order valence-corrected chi connectivity index (χ0v) is 11.9. The summed E-state index contributed by atoms with van der Waals surface area (Å²) < 4.78 is 0. The van der Waals surface area contributed by atoms with Crippen LogP contribution in [0.1, 0.15) is 43.9 Å². The molecule has 1 aliphatic carbocycles. The third kappa shape index (κ3) is 2.71. The van der Waals surface area contributed by atoms with Gasteiger partial charge in [-0.05, 0) is 55.5 Å². The first-order chi connectivity index (χ1) is 7.88. The maximum absolute atomic E-state index is 2.43. The second-order valence-electron chi connectivity index (χ2n) is 6.59. The number of fused-ring (bicyclic) bond motifs is 1. The third-order valence-electron chi connectivity index (χ3n) is 4.01. The number of hydrogen-bond donors (Lipinski definition) is 0. The second-order valence-corrected chi connectivity index (χ2v) is 6.59. The predicted molar refractivity (Wildman–Crippen MR) is 74.6 cm³/mol. The van der Waals surface area contributed by atoms with Crippen molar-refractivity contribution in [1.29, 1.82) is 0 Å². The van der Waals surface area contributed by atoms with Crippen LogP contribution < -0.4 is 0 Å². The molecule has 0 saturated heterocycles. The van der Waals surface area contributed by atoms with E-state index in [0.29, 0.717) is 0 Å². The van der Waals surface area contributed by atoms with Crippen molar-refractivity contribution in [2.24, 2.45) is 0 Å². The molecule has 1 aliphatic rings. The highest BCUT2D eigenvalue weighted by Gasteiger charge is 2.22. The lowest BCUT2D eigenvalue weighted by Gasteiger charge is -2.31. The summed E-state index contributed by atoms with van der Waals surface area (Å²) >= 11 is 0. The van der Waals surface area contributed by atoms with E-state index in [4.69, 9.17) is 0 Å². The topological polar surface area (TPSA) is 3.24 Å². The highest BCUT2D eigenvalue weighted by Crippen LogP contribution is 2.29. The molecule has 1 aromatic carbocycles. The number of rotatable bonds is 1. The van der Waals surface area contributed by atoms with Crippen LogP contribution in [0.2, 0.25) is 0 Å². The predicted octanol–water partition coefficient (Wildman–Crippen LogP) is 3.40. The summed E-state index contributed by atoms with van der Waals surface area (Å²) in [6, 6.07) is 7.83. The smallest absolute Gasteiger partial charge is 0.0133 e. The fraction of sp³-hybridized carbons (Fsp3) is 0.625. The Hall–Kier alpha value is -0.820. The number of nitrogens with zero attached hydrogens (tertiary/aromatic N) is 1. The highest BCUT2D eigenvalue weighted by atomic mass is 15.1. The van der Waals surface area contributed by atoms with Crippen LogP contribution in [0.15, 0.2) is 18.2 Å². The summed E-state index contributed by atoms with van der Waals surface area (Å²) in [5.41, 5.74) is 4.88. The van der Waals surface area contributed by atoms with E-state index in [-0.39, 0.29) is 5.41 Å². The van der Waals surface area contributed by atoms with Crippen LogP contribution in [-0.2, 0) is 18.3 Å². The molecule has 0 saturated carbocycles. The zero-order valence-electron chi connectivity index (χ0n) is 11.9. The fourth-order valence-electron chi connectivity index (χ4n) is 2.64. The lowest BCUT2D eigenvalue weighted by Crippen LogP contribution is -2.33. The molecule has 2 rings (SSSR count). The van der Waals surface area contributed by atoms with Crippen molar-refractivity contribution in [3.63, 3.8) is 0 Å². The average Bonchev–Trinajstić information content (AvgIpc) is 2.26. The summed E-state index contributed by atoms with van der Waals surface area (Å²) in [7, 11) is 4.39. The molecule has 0 spiro atoms. The number of benzene rings is 1. The number of hydrogen-bond acceptors (Lipinski definition) is 1. The Morgan fingerprint density at radius 3 is 2.41 bits per heavy atom. The Labute approximate surface area is 106 Å². The van der Waals surface area contributed by atoms with Gasteiger partial charge in [-0.15, -0.1) is 0 Å². The number of aryl methyl sites for hydroxylation is 1. The first-order valence-electron chi connectivity index (χ1n) is 6.66. The normalized spacial score (nSPS) is 20.5. The molecule has 1 heteroatoms. The van der Waals surface area contributed by atoms with Crippen LogP contribution in [0.3, 0.4) is 0 Å². The average molecular weight is 231 g/mol. The molecule has 17 heavy (non-hydrogen) atoms. The van der Waals surface area contributed by atoms with Crippen molar-refractivity contribution in [2.45, 2.75) is 51.5 Å². The summed E-state index contributed by atoms with van der Waals surface area (Å²) in [4.78, 5) is 2.36. The standard InChI is InChI=1S/C16H25N/c1-16(2,3)14-8-6-13-11-15(17(4)5)9-7-12(13)10-14/h6,8,10,15H,7,9,11H2,1-5H3. The molecule has 1 atom stereocenters. The third-order valence-corrected chi connectivity index (χ3v) is 4.01. The van der Waals surface area contributed by atoms with E-state index in [1.807, 2.05) is 0 Å². The highest BCUT2D eigenvalue weighted by molar-refractivity contribution is 5.37. The van der Waals surface area contributed by atoms with E-state index in [1.54, 1.807) is 11.1 Å². The molecule has 1 nitrogen and oxygen atoms in total. The van der Waals surface area contributed by atoms with Gasteiger partial charge < -0.3 is 4.90 Å². The maximum atomic E-state index is 2.43. The summed E-state index contributed by atoms with van der Waals surface area (Å²) in [5, 5.41) is 0. The van der Waals surface area contributed by atoms with Gasteiger partial charge in [0.15, 0.2) is 0 Å². The Morgan fingerprint density at radius 1 is 1.12 bits per heavy atom. The van der Waals surface area contributed by atoms with Crippen LogP contribution in [0.5, 0.6) is 0 Å².